The number of nitrogens with two attached hydrogens (primary N) is 1. The van der Waals surface area contributed by atoms with Gasteiger partial charge in [0.2, 0.25) is 12.4 Å². The van der Waals surface area contributed by atoms with Gasteiger partial charge in [-0.2, -0.15) is 4.99 Å². The minimum Gasteiger partial charge on any atom is -0.394 e. The van der Waals surface area contributed by atoms with Crippen LogP contribution in [0.1, 0.15) is 0 Å². The van der Waals surface area contributed by atoms with Crippen LogP contribution < -0.4 is 5.73 Å². The Morgan fingerprint density at radius 1 is 1.50 bits per heavy atom. The SMILES string of the molecule is NC(/N=C\N(S)C1O[C@H](CO)[C@H](O)C1O)=N/C=O. The Bertz CT molecular complexity index is 352. The second-order valence-corrected chi connectivity index (χ2v) is 3.91. The van der Waals surface area contributed by atoms with Crippen LogP contribution in [0.2, 0.25) is 0 Å². The lowest BCUT2D eigenvalue weighted by Gasteiger charge is -2.22. The number of aliphatic hydroxyl groups excluding tert-OH is 3. The van der Waals surface area contributed by atoms with Crippen molar-refractivity contribution in [1.29, 1.82) is 0 Å². The predicted octanol–water partition coefficient (Wildman–Crippen LogP) is -2.93. The Morgan fingerprint density at radius 3 is 2.67 bits per heavy atom. The van der Waals surface area contributed by atoms with Gasteiger partial charge in [-0.25, -0.2) is 4.99 Å². The van der Waals surface area contributed by atoms with Crippen molar-refractivity contribution >= 4 is 31.5 Å². The number of nitrogens with zero attached hydrogens (tertiary/aromatic N) is 3. The molecule has 1 heterocycles. The second kappa shape index (κ2) is 6.66. The fourth-order valence-electron chi connectivity index (χ4n) is 1.37. The summed E-state index contributed by atoms with van der Waals surface area (Å²) in [5.74, 6) is -0.296. The average Bonchev–Trinajstić information content (AvgIpc) is 2.63. The number of aliphatic hydroxyl groups is 3. The summed E-state index contributed by atoms with van der Waals surface area (Å²) in [6.45, 7) is -0.442. The highest BCUT2D eigenvalue weighted by Crippen LogP contribution is 2.24. The highest BCUT2D eigenvalue weighted by Gasteiger charge is 2.44. The monoisotopic (exact) mass is 278 g/mol. The third kappa shape index (κ3) is 3.40. The topological polar surface area (TPSA) is 141 Å². The van der Waals surface area contributed by atoms with E-state index in [0.717, 1.165) is 10.6 Å². The molecule has 1 saturated heterocycles. The first-order valence-corrected chi connectivity index (χ1v) is 5.32. The van der Waals surface area contributed by atoms with Crippen LogP contribution in [-0.4, -0.2) is 69.5 Å². The summed E-state index contributed by atoms with van der Waals surface area (Å²) in [4.78, 5) is 16.7. The zero-order chi connectivity index (χ0) is 13.7. The molecular formula is C8H14N4O5S. The van der Waals surface area contributed by atoms with Crippen LogP contribution in [0.4, 0.5) is 0 Å². The minimum atomic E-state index is -1.27. The van der Waals surface area contributed by atoms with E-state index in [1.807, 2.05) is 0 Å². The fourth-order valence-corrected chi connectivity index (χ4v) is 1.61. The van der Waals surface area contributed by atoms with E-state index in [0.29, 0.717) is 0 Å². The van der Waals surface area contributed by atoms with E-state index in [-0.39, 0.29) is 12.4 Å². The van der Waals surface area contributed by atoms with Gasteiger partial charge in [0.1, 0.15) is 24.7 Å². The van der Waals surface area contributed by atoms with Crippen LogP contribution in [0.5, 0.6) is 0 Å². The van der Waals surface area contributed by atoms with Crippen LogP contribution in [0.3, 0.4) is 0 Å². The Hall–Kier alpha value is -1.20. The molecule has 18 heavy (non-hydrogen) atoms. The quantitative estimate of drug-likeness (QED) is 0.160. The Balaban J connectivity index is 2.65. The number of amides is 1. The van der Waals surface area contributed by atoms with Gasteiger partial charge in [-0.3, -0.25) is 9.10 Å². The van der Waals surface area contributed by atoms with Crippen LogP contribution in [-0.2, 0) is 9.53 Å². The van der Waals surface area contributed by atoms with Gasteiger partial charge in [-0.1, -0.05) is 12.8 Å². The summed E-state index contributed by atoms with van der Waals surface area (Å²) in [5, 5.41) is 28.0. The van der Waals surface area contributed by atoms with Crippen molar-refractivity contribution in [2.75, 3.05) is 6.61 Å². The maximum absolute atomic E-state index is 9.99. The molecule has 10 heteroatoms. The van der Waals surface area contributed by atoms with Gasteiger partial charge in [0.25, 0.3) is 0 Å². The van der Waals surface area contributed by atoms with Gasteiger partial charge in [0.15, 0.2) is 6.23 Å². The third-order valence-corrected chi connectivity index (χ3v) is 2.60. The zero-order valence-electron chi connectivity index (χ0n) is 9.20. The van der Waals surface area contributed by atoms with E-state index in [1.54, 1.807) is 0 Å². The van der Waals surface area contributed by atoms with Crippen molar-refractivity contribution in [2.45, 2.75) is 24.5 Å². The molecule has 0 aliphatic carbocycles. The lowest BCUT2D eigenvalue weighted by Crippen LogP contribution is -2.39. The van der Waals surface area contributed by atoms with Crippen molar-refractivity contribution in [1.82, 2.24) is 4.31 Å². The van der Waals surface area contributed by atoms with Gasteiger partial charge < -0.3 is 25.8 Å². The van der Waals surface area contributed by atoms with E-state index < -0.39 is 31.1 Å². The first-order valence-electron chi connectivity index (χ1n) is 4.92. The molecule has 1 fully saturated rings. The normalized spacial score (nSPS) is 33.0. The van der Waals surface area contributed by atoms with Crippen molar-refractivity contribution < 1.29 is 24.9 Å². The summed E-state index contributed by atoms with van der Waals surface area (Å²) in [6.07, 6.45) is -3.13. The maximum Gasteiger partial charge on any atom is 0.236 e. The molecule has 1 rings (SSSR count). The second-order valence-electron chi connectivity index (χ2n) is 3.45. The van der Waals surface area contributed by atoms with Crippen LogP contribution in [0.15, 0.2) is 9.98 Å². The first kappa shape index (κ1) is 14.9. The summed E-state index contributed by atoms with van der Waals surface area (Å²) >= 11 is 3.95. The van der Waals surface area contributed by atoms with Crippen LogP contribution in [0.25, 0.3) is 0 Å². The lowest BCUT2D eigenvalue weighted by atomic mass is 10.1. The highest BCUT2D eigenvalue weighted by atomic mass is 32.1. The van der Waals surface area contributed by atoms with Gasteiger partial charge >= 0.3 is 0 Å². The van der Waals surface area contributed by atoms with E-state index in [1.165, 1.54) is 0 Å². The Labute approximate surface area is 108 Å². The van der Waals surface area contributed by atoms with E-state index in [2.05, 4.69) is 22.8 Å². The van der Waals surface area contributed by atoms with E-state index in [4.69, 9.17) is 15.6 Å². The van der Waals surface area contributed by atoms with Crippen molar-refractivity contribution in [3.05, 3.63) is 0 Å². The molecule has 0 aromatic carbocycles. The molecule has 4 atom stereocenters. The zero-order valence-corrected chi connectivity index (χ0v) is 10.1. The summed E-state index contributed by atoms with van der Waals surface area (Å²) in [5.41, 5.74) is 5.21. The minimum absolute atomic E-state index is 0.224. The molecule has 0 saturated carbocycles. The van der Waals surface area contributed by atoms with Crippen molar-refractivity contribution in [3.8, 4) is 0 Å². The van der Waals surface area contributed by atoms with Gasteiger partial charge in [-0.05, 0) is 0 Å². The largest absolute Gasteiger partial charge is 0.394 e. The van der Waals surface area contributed by atoms with Crippen LogP contribution in [0, 0.1) is 0 Å². The average molecular weight is 278 g/mol. The maximum atomic E-state index is 9.99. The molecule has 2 unspecified atom stereocenters. The predicted molar refractivity (Wildman–Crippen MR) is 64.8 cm³/mol. The highest BCUT2D eigenvalue weighted by molar-refractivity contribution is 7.78. The molecule has 0 aromatic heterocycles. The fraction of sp³-hybridized carbons (Fsp3) is 0.625. The van der Waals surface area contributed by atoms with E-state index in [9.17, 15) is 15.0 Å². The Kier molecular flexibility index (Phi) is 5.50. The van der Waals surface area contributed by atoms with Gasteiger partial charge in [0, 0.05) is 0 Å². The number of aliphatic imine (C=N–C) groups is 2. The number of hydrogen-bond acceptors (Lipinski definition) is 6. The summed E-state index contributed by atoms with van der Waals surface area (Å²) in [6, 6.07) is 0. The van der Waals surface area contributed by atoms with Crippen molar-refractivity contribution in [3.63, 3.8) is 0 Å². The molecule has 0 aromatic rings. The number of ether oxygens (including phenoxy) is 1. The molecule has 9 nitrogen and oxygen atoms in total. The number of hydrogen-bond donors (Lipinski definition) is 5. The number of rotatable bonds is 4. The van der Waals surface area contributed by atoms with Crippen molar-refractivity contribution in [2.24, 2.45) is 15.7 Å². The third-order valence-electron chi connectivity index (χ3n) is 2.27. The smallest absolute Gasteiger partial charge is 0.236 e. The molecule has 1 aliphatic heterocycles. The lowest BCUT2D eigenvalue weighted by molar-refractivity contribution is -0.106. The molecule has 0 spiro atoms. The molecule has 5 N–H and O–H groups in total. The standard InChI is InChI=1S/C8H14N4O5S/c9-8(11-3-14)10-2-12(18)7-6(16)5(15)4(1-13)17-7/h2-7,13,15-16,18H,1H2,(H2,9,11,14)/b10-2-/t4-,5+,6?,7?/m1/s1. The molecule has 1 aliphatic rings. The van der Waals surface area contributed by atoms with E-state index >= 15 is 0 Å². The molecular weight excluding hydrogens is 264 g/mol. The number of carbonyl (C=O) groups excluding carboxylic acids is 1. The number of thiol groups is 1. The molecule has 0 radical (unpaired) electrons. The van der Waals surface area contributed by atoms with Crippen LogP contribution >= 0.6 is 12.8 Å². The van der Waals surface area contributed by atoms with Gasteiger partial charge in [-0.15, -0.1) is 0 Å². The molecule has 102 valence electrons. The summed E-state index contributed by atoms with van der Waals surface area (Å²) in [7, 11) is 0. The summed E-state index contributed by atoms with van der Waals surface area (Å²) < 4.78 is 6.19. The first-order chi connectivity index (χ1) is 8.51. The number of guanidine groups is 1. The molecule has 1 amide bonds. The van der Waals surface area contributed by atoms with Gasteiger partial charge in [0.05, 0.1) is 6.61 Å². The Morgan fingerprint density at radius 2 is 2.17 bits per heavy atom. The molecule has 0 bridgehead atoms. The number of carbonyl (C=O) groups is 1.